The average Bonchev–Trinajstić information content (AvgIpc) is 2.73. The lowest BCUT2D eigenvalue weighted by atomic mass is 9.99. The predicted molar refractivity (Wildman–Crippen MR) is 108 cm³/mol. The molecule has 0 N–H and O–H groups in total. The molecular weight excluding hydrogens is 417 g/mol. The molecule has 0 saturated heterocycles. The van der Waals surface area contributed by atoms with Crippen LogP contribution in [0, 0.1) is 10.1 Å². The molecule has 0 aliphatic carbocycles. The number of carbonyl (C=O) groups excluding carboxylic acids is 2. The third-order valence-corrected chi connectivity index (χ3v) is 4.64. The molecular formula is C21H13Cl2NO5. The van der Waals surface area contributed by atoms with Crippen molar-refractivity contribution < 1.29 is 19.2 Å². The summed E-state index contributed by atoms with van der Waals surface area (Å²) < 4.78 is 5.46. The van der Waals surface area contributed by atoms with Gasteiger partial charge in [0.15, 0.2) is 6.10 Å². The highest BCUT2D eigenvalue weighted by Gasteiger charge is 2.27. The van der Waals surface area contributed by atoms with Crippen molar-refractivity contribution in [2.75, 3.05) is 0 Å². The van der Waals surface area contributed by atoms with Crippen LogP contribution in [-0.2, 0) is 4.74 Å². The SMILES string of the molecule is O=C(O[C@H](C(=O)c1ccccc1)c1ccc(Cl)cc1)c1ccc(Cl)c([N+](=O)[O-])c1. The zero-order valence-electron chi connectivity index (χ0n) is 14.7. The van der Waals surface area contributed by atoms with Gasteiger partial charge in [0.2, 0.25) is 5.78 Å². The molecule has 6 nitrogen and oxygen atoms in total. The Kier molecular flexibility index (Phi) is 6.26. The van der Waals surface area contributed by atoms with Gasteiger partial charge in [-0.05, 0) is 24.3 Å². The molecule has 0 fully saturated rings. The number of nitro groups is 1. The molecule has 0 aromatic heterocycles. The minimum Gasteiger partial charge on any atom is -0.445 e. The first-order chi connectivity index (χ1) is 13.9. The van der Waals surface area contributed by atoms with Crippen LogP contribution in [-0.4, -0.2) is 16.7 Å². The first-order valence-electron chi connectivity index (χ1n) is 8.36. The van der Waals surface area contributed by atoms with E-state index < -0.39 is 28.5 Å². The summed E-state index contributed by atoms with van der Waals surface area (Å²) >= 11 is 11.7. The highest BCUT2D eigenvalue weighted by atomic mass is 35.5. The third-order valence-electron chi connectivity index (χ3n) is 4.07. The van der Waals surface area contributed by atoms with E-state index in [9.17, 15) is 19.7 Å². The maximum Gasteiger partial charge on any atom is 0.339 e. The molecule has 146 valence electrons. The van der Waals surface area contributed by atoms with Gasteiger partial charge in [0.05, 0.1) is 10.5 Å². The molecule has 0 amide bonds. The Morgan fingerprint density at radius 3 is 2.17 bits per heavy atom. The molecule has 0 bridgehead atoms. The van der Waals surface area contributed by atoms with E-state index in [4.69, 9.17) is 27.9 Å². The Morgan fingerprint density at radius 2 is 1.55 bits per heavy atom. The Balaban J connectivity index is 1.95. The molecule has 0 radical (unpaired) electrons. The van der Waals surface area contributed by atoms with Crippen LogP contribution in [0.25, 0.3) is 0 Å². The number of carbonyl (C=O) groups is 2. The Labute approximate surface area is 175 Å². The number of Topliss-reactive ketones (excluding diaryl/α,β-unsaturated/α-hetero) is 1. The summed E-state index contributed by atoms with van der Waals surface area (Å²) in [5.41, 5.74) is 0.238. The number of ether oxygens (including phenoxy) is 1. The van der Waals surface area contributed by atoms with Gasteiger partial charge in [0.25, 0.3) is 5.69 Å². The smallest absolute Gasteiger partial charge is 0.339 e. The summed E-state index contributed by atoms with van der Waals surface area (Å²) in [7, 11) is 0. The number of rotatable bonds is 6. The quantitative estimate of drug-likeness (QED) is 0.217. The molecule has 1 atom stereocenters. The van der Waals surface area contributed by atoms with Crippen molar-refractivity contribution in [3.05, 3.63) is 110 Å². The number of nitro benzene ring substituents is 1. The number of ketones is 1. The van der Waals surface area contributed by atoms with Gasteiger partial charge in [-0.3, -0.25) is 14.9 Å². The van der Waals surface area contributed by atoms with Crippen LogP contribution in [0.2, 0.25) is 10.0 Å². The van der Waals surface area contributed by atoms with E-state index in [0.717, 1.165) is 6.07 Å². The van der Waals surface area contributed by atoms with Crippen LogP contribution in [0.5, 0.6) is 0 Å². The van der Waals surface area contributed by atoms with E-state index >= 15 is 0 Å². The van der Waals surface area contributed by atoms with E-state index in [2.05, 4.69) is 0 Å². The van der Waals surface area contributed by atoms with Crippen LogP contribution < -0.4 is 0 Å². The molecule has 0 aliphatic rings. The van der Waals surface area contributed by atoms with E-state index in [1.165, 1.54) is 12.1 Å². The van der Waals surface area contributed by atoms with Crippen molar-refractivity contribution in [2.24, 2.45) is 0 Å². The van der Waals surface area contributed by atoms with Gasteiger partial charge in [-0.2, -0.15) is 0 Å². The Hall–Kier alpha value is -3.22. The highest BCUT2D eigenvalue weighted by Crippen LogP contribution is 2.28. The second kappa shape index (κ2) is 8.86. The van der Waals surface area contributed by atoms with Gasteiger partial charge in [-0.1, -0.05) is 65.7 Å². The number of hydrogen-bond donors (Lipinski definition) is 0. The van der Waals surface area contributed by atoms with Crippen molar-refractivity contribution in [3.8, 4) is 0 Å². The van der Waals surface area contributed by atoms with Crippen LogP contribution >= 0.6 is 23.2 Å². The summed E-state index contributed by atoms with van der Waals surface area (Å²) in [6.45, 7) is 0. The standard InChI is InChI=1S/C21H13Cl2NO5/c22-16-9-6-14(7-10-16)20(19(25)13-4-2-1-3-5-13)29-21(26)15-8-11-17(23)18(12-15)24(27)28/h1-12,20H/t20-/m0/s1. The summed E-state index contributed by atoms with van der Waals surface area (Å²) in [5, 5.41) is 11.4. The molecule has 3 aromatic rings. The number of benzene rings is 3. The molecule has 0 heterocycles. The second-order valence-corrected chi connectivity index (χ2v) is 6.83. The van der Waals surface area contributed by atoms with E-state index in [1.807, 2.05) is 0 Å². The zero-order valence-corrected chi connectivity index (χ0v) is 16.3. The number of hydrogen-bond acceptors (Lipinski definition) is 5. The average molecular weight is 430 g/mol. The molecule has 0 saturated carbocycles. The minimum absolute atomic E-state index is 0.0964. The molecule has 29 heavy (non-hydrogen) atoms. The molecule has 3 rings (SSSR count). The second-order valence-electron chi connectivity index (χ2n) is 5.99. The Morgan fingerprint density at radius 1 is 0.897 bits per heavy atom. The predicted octanol–water partition coefficient (Wildman–Crippen LogP) is 5.68. The van der Waals surface area contributed by atoms with Crippen molar-refractivity contribution in [1.82, 2.24) is 0 Å². The molecule has 8 heteroatoms. The van der Waals surface area contributed by atoms with Gasteiger partial charge in [0, 0.05) is 22.2 Å². The van der Waals surface area contributed by atoms with Crippen molar-refractivity contribution >= 4 is 40.6 Å². The van der Waals surface area contributed by atoms with Gasteiger partial charge >= 0.3 is 5.97 Å². The Bertz CT molecular complexity index is 1070. The van der Waals surface area contributed by atoms with Crippen LogP contribution in [0.15, 0.2) is 72.8 Å². The number of nitrogens with zero attached hydrogens (tertiary/aromatic N) is 1. The van der Waals surface area contributed by atoms with E-state index in [0.29, 0.717) is 16.1 Å². The lowest BCUT2D eigenvalue weighted by molar-refractivity contribution is -0.384. The van der Waals surface area contributed by atoms with Crippen LogP contribution in [0.4, 0.5) is 5.69 Å². The van der Waals surface area contributed by atoms with Gasteiger partial charge in [0.1, 0.15) is 5.02 Å². The maximum absolute atomic E-state index is 13.0. The molecule has 0 aliphatic heterocycles. The molecule has 3 aromatic carbocycles. The number of halogens is 2. The largest absolute Gasteiger partial charge is 0.445 e. The fourth-order valence-electron chi connectivity index (χ4n) is 2.62. The van der Waals surface area contributed by atoms with Crippen molar-refractivity contribution in [2.45, 2.75) is 6.10 Å². The van der Waals surface area contributed by atoms with Crippen molar-refractivity contribution in [1.29, 1.82) is 0 Å². The van der Waals surface area contributed by atoms with Gasteiger partial charge < -0.3 is 4.74 Å². The fraction of sp³-hybridized carbons (Fsp3) is 0.0476. The highest BCUT2D eigenvalue weighted by molar-refractivity contribution is 6.32. The number of esters is 1. The first-order valence-corrected chi connectivity index (χ1v) is 9.12. The van der Waals surface area contributed by atoms with Gasteiger partial charge in [-0.25, -0.2) is 4.79 Å². The van der Waals surface area contributed by atoms with E-state index in [-0.39, 0.29) is 10.6 Å². The summed E-state index contributed by atoms with van der Waals surface area (Å²) in [6.07, 6.45) is -1.25. The fourth-order valence-corrected chi connectivity index (χ4v) is 2.93. The topological polar surface area (TPSA) is 86.5 Å². The zero-order chi connectivity index (χ0) is 21.0. The summed E-state index contributed by atoms with van der Waals surface area (Å²) in [4.78, 5) is 36.0. The molecule has 0 spiro atoms. The minimum atomic E-state index is -1.25. The van der Waals surface area contributed by atoms with Crippen LogP contribution in [0.1, 0.15) is 32.4 Å². The lowest BCUT2D eigenvalue weighted by Gasteiger charge is -2.18. The lowest BCUT2D eigenvalue weighted by Crippen LogP contribution is -2.20. The van der Waals surface area contributed by atoms with Crippen molar-refractivity contribution in [3.63, 3.8) is 0 Å². The summed E-state index contributed by atoms with van der Waals surface area (Å²) in [6, 6.07) is 18.2. The first kappa shape index (κ1) is 20.5. The molecule has 0 unspecified atom stereocenters. The monoisotopic (exact) mass is 429 g/mol. The third kappa shape index (κ3) is 4.80. The normalized spacial score (nSPS) is 11.5. The van der Waals surface area contributed by atoms with Crippen LogP contribution in [0.3, 0.4) is 0 Å². The summed E-state index contributed by atoms with van der Waals surface area (Å²) in [5.74, 6) is -1.33. The van der Waals surface area contributed by atoms with Gasteiger partial charge in [-0.15, -0.1) is 0 Å². The van der Waals surface area contributed by atoms with E-state index in [1.54, 1.807) is 54.6 Å². The maximum atomic E-state index is 13.0.